The first-order valence-corrected chi connectivity index (χ1v) is 8.61. The highest BCUT2D eigenvalue weighted by atomic mass is 35.5. The van der Waals surface area contributed by atoms with Crippen LogP contribution in [0.25, 0.3) is 0 Å². The van der Waals surface area contributed by atoms with Crippen molar-refractivity contribution in [3.63, 3.8) is 0 Å². The van der Waals surface area contributed by atoms with Crippen molar-refractivity contribution in [2.45, 2.75) is 12.8 Å². The van der Waals surface area contributed by atoms with Crippen LogP contribution in [0.1, 0.15) is 12.8 Å². The Morgan fingerprint density at radius 2 is 1.62 bits per heavy atom. The van der Waals surface area contributed by atoms with Crippen molar-refractivity contribution in [1.82, 2.24) is 9.44 Å². The summed E-state index contributed by atoms with van der Waals surface area (Å²) < 4.78 is 48.9. The lowest BCUT2D eigenvalue weighted by molar-refractivity contribution is 0.576. The summed E-state index contributed by atoms with van der Waals surface area (Å²) in [5, 5.41) is 0. The molecule has 0 aromatic carbocycles. The Labute approximate surface area is 102 Å². The van der Waals surface area contributed by atoms with Crippen LogP contribution < -0.4 is 9.44 Å². The number of unbranched alkanes of at least 4 members (excludes halogenated alkanes) is 1. The van der Waals surface area contributed by atoms with E-state index >= 15 is 0 Å². The smallest absolute Gasteiger partial charge is 0.212 e. The average Bonchev–Trinajstić information content (AvgIpc) is 2.17. The third-order valence-electron chi connectivity index (χ3n) is 1.80. The van der Waals surface area contributed by atoms with Crippen molar-refractivity contribution in [3.05, 3.63) is 0 Å². The lowest BCUT2D eigenvalue weighted by Gasteiger charge is -2.06. The molecule has 6 nitrogen and oxygen atoms in total. The highest BCUT2D eigenvalue weighted by Gasteiger charge is 2.12. The predicted octanol–water partition coefficient (Wildman–Crippen LogP) is -0.526. The second-order valence-electron chi connectivity index (χ2n) is 3.13. The Balaban J connectivity index is 3.92. The van der Waals surface area contributed by atoms with Crippen LogP contribution in [0, 0.1) is 0 Å². The summed E-state index contributed by atoms with van der Waals surface area (Å²) in [7, 11) is -5.47. The van der Waals surface area contributed by atoms with E-state index in [1.807, 2.05) is 0 Å². The molecule has 0 saturated carbocycles. The number of halogens is 1. The van der Waals surface area contributed by atoms with Crippen LogP contribution in [0.3, 0.4) is 0 Å². The van der Waals surface area contributed by atoms with Gasteiger partial charge in [-0.2, -0.15) is 0 Å². The van der Waals surface area contributed by atoms with Gasteiger partial charge in [-0.1, -0.05) is 0 Å². The molecule has 0 aliphatic carbocycles. The molecule has 0 radical (unpaired) electrons. The number of hydrogen-bond donors (Lipinski definition) is 2. The summed E-state index contributed by atoms with van der Waals surface area (Å²) in [6.07, 6.45) is 1.09. The molecule has 2 N–H and O–H groups in total. The maximum Gasteiger partial charge on any atom is 0.212 e. The van der Waals surface area contributed by atoms with Crippen molar-refractivity contribution >= 4 is 31.6 Å². The van der Waals surface area contributed by atoms with Gasteiger partial charge in [0.2, 0.25) is 20.0 Å². The van der Waals surface area contributed by atoms with E-state index in [9.17, 15) is 16.8 Å². The van der Waals surface area contributed by atoms with Crippen LogP contribution in [0.2, 0.25) is 0 Å². The highest BCUT2D eigenvalue weighted by molar-refractivity contribution is 7.90. The van der Waals surface area contributed by atoms with Crippen LogP contribution >= 0.6 is 11.6 Å². The summed E-state index contributed by atoms with van der Waals surface area (Å²) in [5.74, 6) is 0.126. The third-order valence-corrected chi connectivity index (χ3v) is 4.90. The molecule has 98 valence electrons. The summed E-state index contributed by atoms with van der Waals surface area (Å²) in [6.45, 7) is -0.119. The zero-order chi connectivity index (χ0) is 12.7. The molecule has 16 heavy (non-hydrogen) atoms. The molecule has 0 aromatic rings. The second kappa shape index (κ2) is 7.44. The number of rotatable bonds is 9. The zero-order valence-corrected chi connectivity index (χ0v) is 11.5. The van der Waals surface area contributed by atoms with Crippen LogP contribution in [0.4, 0.5) is 0 Å². The third kappa shape index (κ3) is 8.28. The molecule has 0 aliphatic rings. The molecule has 0 aromatic heterocycles. The highest BCUT2D eigenvalue weighted by Crippen LogP contribution is 1.96. The molecular weight excluding hydrogens is 276 g/mol. The first-order chi connectivity index (χ1) is 7.33. The van der Waals surface area contributed by atoms with Gasteiger partial charge in [0, 0.05) is 12.4 Å². The molecule has 0 bridgehead atoms. The van der Waals surface area contributed by atoms with Crippen molar-refractivity contribution < 1.29 is 16.8 Å². The second-order valence-corrected chi connectivity index (χ2v) is 7.48. The number of alkyl halides is 1. The minimum absolute atomic E-state index is 0.0285. The summed E-state index contributed by atoms with van der Waals surface area (Å²) >= 11 is 5.41. The molecule has 0 heterocycles. The Morgan fingerprint density at radius 3 is 2.12 bits per heavy atom. The fourth-order valence-electron chi connectivity index (χ4n) is 0.892. The van der Waals surface area contributed by atoms with E-state index in [0.717, 1.165) is 0 Å². The van der Waals surface area contributed by atoms with Crippen molar-refractivity contribution in [2.24, 2.45) is 0 Å². The predicted molar refractivity (Wildman–Crippen MR) is 64.6 cm³/mol. The van der Waals surface area contributed by atoms with Gasteiger partial charge in [0.25, 0.3) is 0 Å². The first kappa shape index (κ1) is 16.1. The Kier molecular flexibility index (Phi) is 7.49. The molecule has 0 amide bonds. The van der Waals surface area contributed by atoms with Crippen molar-refractivity contribution in [1.29, 1.82) is 0 Å². The fraction of sp³-hybridized carbons (Fsp3) is 1.00. The summed E-state index contributed by atoms with van der Waals surface area (Å²) in [4.78, 5) is 0. The van der Waals surface area contributed by atoms with Crippen LogP contribution in [0.5, 0.6) is 0 Å². The minimum atomic E-state index is -3.39. The molecule has 0 fully saturated rings. The Hall–Kier alpha value is 0.110. The quantitative estimate of drug-likeness (QED) is 0.441. The minimum Gasteiger partial charge on any atom is -0.218 e. The van der Waals surface area contributed by atoms with E-state index in [4.69, 9.17) is 11.6 Å². The van der Waals surface area contributed by atoms with Gasteiger partial charge in [-0.15, -0.1) is 11.6 Å². The SMILES string of the molecule is CNS(=O)(=O)CCNS(=O)(=O)CCCCCl. The zero-order valence-electron chi connectivity index (χ0n) is 9.07. The summed E-state index contributed by atoms with van der Waals surface area (Å²) in [6, 6.07) is 0. The van der Waals surface area contributed by atoms with E-state index in [2.05, 4.69) is 9.44 Å². The standard InChI is InChI=1S/C7H17ClN2O4S2/c1-9-15(11,12)7-5-10-16(13,14)6-3-2-4-8/h9-10H,2-7H2,1H3. The van der Waals surface area contributed by atoms with Crippen molar-refractivity contribution in [2.75, 3.05) is 31.0 Å². The molecule has 0 unspecified atom stereocenters. The fourth-order valence-corrected chi connectivity index (χ4v) is 2.93. The number of hydrogen-bond acceptors (Lipinski definition) is 4. The number of nitrogens with one attached hydrogen (secondary N) is 2. The molecule has 0 rings (SSSR count). The van der Waals surface area contributed by atoms with Crippen LogP contribution in [-0.4, -0.2) is 47.8 Å². The maximum absolute atomic E-state index is 11.3. The van der Waals surface area contributed by atoms with Gasteiger partial charge in [0.05, 0.1) is 11.5 Å². The van der Waals surface area contributed by atoms with Crippen molar-refractivity contribution in [3.8, 4) is 0 Å². The monoisotopic (exact) mass is 292 g/mol. The summed E-state index contributed by atoms with van der Waals surface area (Å²) in [5.41, 5.74) is 0. The van der Waals surface area contributed by atoms with Gasteiger partial charge in [-0.25, -0.2) is 26.3 Å². The van der Waals surface area contributed by atoms with Gasteiger partial charge in [-0.05, 0) is 19.9 Å². The van der Waals surface area contributed by atoms with Crippen LogP contribution in [0.15, 0.2) is 0 Å². The van der Waals surface area contributed by atoms with Crippen LogP contribution in [-0.2, 0) is 20.0 Å². The number of sulfonamides is 2. The first-order valence-electron chi connectivity index (χ1n) is 4.77. The van der Waals surface area contributed by atoms with E-state index in [1.165, 1.54) is 7.05 Å². The van der Waals surface area contributed by atoms with Gasteiger partial charge in [0.15, 0.2) is 0 Å². The van der Waals surface area contributed by atoms with Gasteiger partial charge < -0.3 is 0 Å². The molecule has 0 aliphatic heterocycles. The topological polar surface area (TPSA) is 92.3 Å². The lowest BCUT2D eigenvalue weighted by Crippen LogP contribution is -2.34. The molecule has 0 atom stereocenters. The average molecular weight is 293 g/mol. The van der Waals surface area contributed by atoms with Gasteiger partial charge >= 0.3 is 0 Å². The van der Waals surface area contributed by atoms with E-state index in [0.29, 0.717) is 18.7 Å². The van der Waals surface area contributed by atoms with E-state index in [1.54, 1.807) is 0 Å². The normalized spacial score (nSPS) is 12.9. The van der Waals surface area contributed by atoms with E-state index in [-0.39, 0.29) is 18.1 Å². The van der Waals surface area contributed by atoms with Gasteiger partial charge in [0.1, 0.15) is 0 Å². The lowest BCUT2D eigenvalue weighted by atomic mass is 10.4. The Morgan fingerprint density at radius 1 is 1.00 bits per heavy atom. The molecule has 0 saturated heterocycles. The molecular formula is C7H17ClN2O4S2. The van der Waals surface area contributed by atoms with Gasteiger partial charge in [-0.3, -0.25) is 0 Å². The molecule has 0 spiro atoms. The molecule has 9 heteroatoms. The largest absolute Gasteiger partial charge is 0.218 e. The maximum atomic E-state index is 11.3. The van der Waals surface area contributed by atoms with E-state index < -0.39 is 20.0 Å². The Bertz CT molecular complexity index is 379.